The lowest BCUT2D eigenvalue weighted by Crippen LogP contribution is -2.55. The van der Waals surface area contributed by atoms with Gasteiger partial charge in [0.15, 0.2) is 0 Å². The molecular weight excluding hydrogens is 370 g/mol. The number of carbonyl (C=O) groups is 2. The van der Waals surface area contributed by atoms with Crippen molar-refractivity contribution in [2.75, 3.05) is 57.9 Å². The summed E-state index contributed by atoms with van der Waals surface area (Å²) in [7, 11) is 1.67. The lowest BCUT2D eigenvalue weighted by molar-refractivity contribution is -0.152. The summed E-state index contributed by atoms with van der Waals surface area (Å²) in [6.45, 7) is 9.03. The molecule has 2 heterocycles. The number of anilines is 1. The Morgan fingerprint density at radius 3 is 2.21 bits per heavy atom. The van der Waals surface area contributed by atoms with Crippen LogP contribution < -0.4 is 9.64 Å². The molecule has 2 saturated heterocycles. The first-order valence-corrected chi connectivity index (χ1v) is 10.6. The smallest absolute Gasteiger partial charge is 0.309 e. The van der Waals surface area contributed by atoms with Gasteiger partial charge in [0, 0.05) is 45.0 Å². The fraction of sp³-hybridized carbons (Fsp3) is 0.636. The largest absolute Gasteiger partial charge is 0.497 e. The summed E-state index contributed by atoms with van der Waals surface area (Å²) in [6, 6.07) is 7.99. The van der Waals surface area contributed by atoms with E-state index in [4.69, 9.17) is 9.47 Å². The van der Waals surface area contributed by atoms with Crippen LogP contribution in [0.4, 0.5) is 5.69 Å². The van der Waals surface area contributed by atoms with Gasteiger partial charge >= 0.3 is 5.97 Å². The Hall–Kier alpha value is -2.28. The molecule has 0 N–H and O–H groups in total. The van der Waals surface area contributed by atoms with Gasteiger partial charge in [-0.1, -0.05) is 0 Å². The van der Waals surface area contributed by atoms with Gasteiger partial charge in [-0.3, -0.25) is 14.5 Å². The van der Waals surface area contributed by atoms with Gasteiger partial charge in [-0.15, -0.1) is 0 Å². The molecule has 0 bridgehead atoms. The quantitative estimate of drug-likeness (QED) is 0.677. The topological polar surface area (TPSA) is 62.3 Å². The zero-order chi connectivity index (χ0) is 20.8. The molecule has 1 aromatic carbocycles. The van der Waals surface area contributed by atoms with E-state index in [-0.39, 0.29) is 23.8 Å². The summed E-state index contributed by atoms with van der Waals surface area (Å²) in [6.07, 6.45) is 1.39. The molecule has 2 aliphatic heterocycles. The van der Waals surface area contributed by atoms with Crippen molar-refractivity contribution in [2.24, 2.45) is 5.92 Å². The van der Waals surface area contributed by atoms with Gasteiger partial charge in [0.05, 0.1) is 25.7 Å². The minimum Gasteiger partial charge on any atom is -0.497 e. The van der Waals surface area contributed by atoms with Gasteiger partial charge in [0.25, 0.3) is 0 Å². The van der Waals surface area contributed by atoms with Gasteiger partial charge in [-0.25, -0.2) is 0 Å². The molecule has 0 unspecified atom stereocenters. The number of benzene rings is 1. The molecule has 0 spiro atoms. The van der Waals surface area contributed by atoms with Gasteiger partial charge in [-0.05, 0) is 51.0 Å². The Labute approximate surface area is 173 Å². The van der Waals surface area contributed by atoms with E-state index in [9.17, 15) is 9.59 Å². The van der Waals surface area contributed by atoms with Crippen LogP contribution >= 0.6 is 0 Å². The van der Waals surface area contributed by atoms with Crippen LogP contribution in [-0.2, 0) is 14.3 Å². The van der Waals surface area contributed by atoms with E-state index in [1.165, 1.54) is 5.69 Å². The number of carbonyl (C=O) groups excluding carboxylic acids is 2. The Kier molecular flexibility index (Phi) is 7.36. The van der Waals surface area contributed by atoms with Crippen molar-refractivity contribution in [3.8, 4) is 5.75 Å². The number of hydrogen-bond donors (Lipinski definition) is 0. The first-order chi connectivity index (χ1) is 14.0. The van der Waals surface area contributed by atoms with E-state index in [2.05, 4.69) is 21.9 Å². The third kappa shape index (κ3) is 5.21. The molecule has 3 rings (SSSR count). The van der Waals surface area contributed by atoms with Crippen LogP contribution in [0.15, 0.2) is 24.3 Å². The first-order valence-electron chi connectivity index (χ1n) is 10.6. The highest BCUT2D eigenvalue weighted by Gasteiger charge is 2.33. The van der Waals surface area contributed by atoms with Gasteiger partial charge in [0.1, 0.15) is 5.75 Å². The van der Waals surface area contributed by atoms with Crippen molar-refractivity contribution in [1.29, 1.82) is 0 Å². The minimum atomic E-state index is -0.132. The summed E-state index contributed by atoms with van der Waals surface area (Å²) >= 11 is 0. The predicted octanol–water partition coefficient (Wildman–Crippen LogP) is 2.01. The normalized spacial score (nSPS) is 19.7. The van der Waals surface area contributed by atoms with E-state index in [1.807, 2.05) is 30.9 Å². The number of methoxy groups -OCH3 is 1. The molecule has 29 heavy (non-hydrogen) atoms. The number of amides is 1. The molecule has 7 heteroatoms. The van der Waals surface area contributed by atoms with Crippen molar-refractivity contribution >= 4 is 17.6 Å². The third-order valence-corrected chi connectivity index (χ3v) is 6.08. The second-order valence-corrected chi connectivity index (χ2v) is 7.75. The number of piperidine rings is 1. The SMILES string of the molecule is CCOC(=O)C1CCN(C(=O)[C@H](C)N2CCN(c3ccc(OC)cc3)CC2)CC1. The highest BCUT2D eigenvalue weighted by atomic mass is 16.5. The van der Waals surface area contributed by atoms with Crippen LogP contribution in [0.1, 0.15) is 26.7 Å². The van der Waals surface area contributed by atoms with Crippen molar-refractivity contribution in [1.82, 2.24) is 9.80 Å². The molecule has 0 aliphatic carbocycles. The summed E-state index contributed by atoms with van der Waals surface area (Å²) in [4.78, 5) is 31.4. The molecule has 0 aromatic heterocycles. The molecule has 1 aromatic rings. The van der Waals surface area contributed by atoms with E-state index in [0.29, 0.717) is 32.5 Å². The monoisotopic (exact) mass is 403 g/mol. The first kappa shape index (κ1) is 21.4. The van der Waals surface area contributed by atoms with Crippen molar-refractivity contribution in [2.45, 2.75) is 32.7 Å². The number of hydrogen-bond acceptors (Lipinski definition) is 6. The standard InChI is InChI=1S/C22H33N3O4/c1-4-29-22(27)18-9-11-25(12-10-18)21(26)17(2)23-13-15-24(16-14-23)19-5-7-20(28-3)8-6-19/h5-8,17-18H,4,9-16H2,1-3H3/t17-/m0/s1. The van der Waals surface area contributed by atoms with Crippen molar-refractivity contribution < 1.29 is 19.1 Å². The summed E-state index contributed by atoms with van der Waals surface area (Å²) in [5, 5.41) is 0. The van der Waals surface area contributed by atoms with Crippen LogP contribution in [0.3, 0.4) is 0 Å². The minimum absolute atomic E-state index is 0.0673. The highest BCUT2D eigenvalue weighted by molar-refractivity contribution is 5.82. The zero-order valence-corrected chi connectivity index (χ0v) is 17.8. The summed E-state index contributed by atoms with van der Waals surface area (Å²) < 4.78 is 10.3. The maximum atomic E-state index is 13.0. The van der Waals surface area contributed by atoms with Crippen LogP contribution in [0, 0.1) is 5.92 Å². The molecule has 1 amide bonds. The van der Waals surface area contributed by atoms with E-state index in [0.717, 1.165) is 31.9 Å². The van der Waals surface area contributed by atoms with Crippen LogP contribution in [0.2, 0.25) is 0 Å². The Balaban J connectivity index is 1.47. The van der Waals surface area contributed by atoms with Crippen LogP contribution in [0.5, 0.6) is 5.75 Å². The molecule has 7 nitrogen and oxygen atoms in total. The maximum absolute atomic E-state index is 13.0. The fourth-order valence-corrected chi connectivity index (χ4v) is 4.18. The fourth-order valence-electron chi connectivity index (χ4n) is 4.18. The molecular formula is C22H33N3O4. The molecule has 0 saturated carbocycles. The second kappa shape index (κ2) is 9.96. The average Bonchev–Trinajstić information content (AvgIpc) is 2.78. The number of likely N-dealkylation sites (tertiary alicyclic amines) is 1. The molecule has 2 fully saturated rings. The predicted molar refractivity (Wildman–Crippen MR) is 112 cm³/mol. The summed E-state index contributed by atoms with van der Waals surface area (Å²) in [5.41, 5.74) is 1.19. The number of ether oxygens (including phenoxy) is 2. The number of nitrogens with zero attached hydrogens (tertiary/aromatic N) is 3. The van der Waals surface area contributed by atoms with Gasteiger partial charge in [0.2, 0.25) is 5.91 Å². The molecule has 1 atom stereocenters. The molecule has 0 radical (unpaired) electrons. The third-order valence-electron chi connectivity index (χ3n) is 6.08. The Morgan fingerprint density at radius 2 is 1.66 bits per heavy atom. The molecule has 160 valence electrons. The Bertz CT molecular complexity index is 678. The van der Waals surface area contributed by atoms with E-state index in [1.54, 1.807) is 7.11 Å². The second-order valence-electron chi connectivity index (χ2n) is 7.75. The number of rotatable bonds is 6. The van der Waals surface area contributed by atoms with Crippen molar-refractivity contribution in [3.63, 3.8) is 0 Å². The van der Waals surface area contributed by atoms with Crippen molar-refractivity contribution in [3.05, 3.63) is 24.3 Å². The van der Waals surface area contributed by atoms with Crippen LogP contribution in [-0.4, -0.2) is 80.7 Å². The van der Waals surface area contributed by atoms with Gasteiger partial charge in [-0.2, -0.15) is 0 Å². The maximum Gasteiger partial charge on any atom is 0.309 e. The van der Waals surface area contributed by atoms with Crippen LogP contribution in [0.25, 0.3) is 0 Å². The average molecular weight is 404 g/mol. The van der Waals surface area contributed by atoms with E-state index >= 15 is 0 Å². The number of esters is 1. The lowest BCUT2D eigenvalue weighted by atomic mass is 9.96. The van der Waals surface area contributed by atoms with E-state index < -0.39 is 0 Å². The number of piperazine rings is 1. The lowest BCUT2D eigenvalue weighted by Gasteiger charge is -2.41. The zero-order valence-electron chi connectivity index (χ0n) is 17.8. The highest BCUT2D eigenvalue weighted by Crippen LogP contribution is 2.23. The Morgan fingerprint density at radius 1 is 1.03 bits per heavy atom. The van der Waals surface area contributed by atoms with Gasteiger partial charge < -0.3 is 19.3 Å². The summed E-state index contributed by atoms with van der Waals surface area (Å²) in [5.74, 6) is 0.841. The molecule has 2 aliphatic rings.